The van der Waals surface area contributed by atoms with Crippen LogP contribution in [0.25, 0.3) is 0 Å². The molecule has 0 bridgehead atoms. The molecule has 4 heteroatoms. The minimum Gasteiger partial charge on any atom is -0.211 e. The topological polar surface area (TPSA) is 0 Å². The molecule has 0 radical (unpaired) electrons. The van der Waals surface area contributed by atoms with Crippen LogP contribution in [0.5, 0.6) is 0 Å². The molecular weight excluding hydrogens is 196 g/mol. The number of rotatable bonds is 7. The second kappa shape index (κ2) is 6.25. The fourth-order valence-corrected chi connectivity index (χ4v) is 1.12. The summed E-state index contributed by atoms with van der Waals surface area (Å²) in [6.45, 7) is 2.94. The van der Waals surface area contributed by atoms with Gasteiger partial charge in [-0.3, -0.25) is 0 Å². The molecule has 0 aliphatic rings. The summed E-state index contributed by atoms with van der Waals surface area (Å²) in [5.74, 6) is -3.32. The first-order valence-electron chi connectivity index (χ1n) is 5.02. The molecule has 0 aromatic carbocycles. The first-order chi connectivity index (χ1) is 6.36. The van der Waals surface area contributed by atoms with Crippen molar-refractivity contribution in [1.82, 2.24) is 0 Å². The zero-order chi connectivity index (χ0) is 11.2. The molecule has 14 heavy (non-hydrogen) atoms. The smallest absolute Gasteiger partial charge is 0.211 e. The Bertz CT molecular complexity index is 143. The van der Waals surface area contributed by atoms with E-state index in [2.05, 4.69) is 0 Å². The quantitative estimate of drug-likeness (QED) is 0.432. The van der Waals surface area contributed by atoms with Crippen LogP contribution >= 0.6 is 0 Å². The molecular formula is C10H18F4. The van der Waals surface area contributed by atoms with Gasteiger partial charge >= 0.3 is 0 Å². The van der Waals surface area contributed by atoms with Gasteiger partial charge in [0, 0.05) is 18.8 Å². The monoisotopic (exact) mass is 214 g/mol. The first kappa shape index (κ1) is 13.7. The molecule has 0 saturated heterocycles. The zero-order valence-electron chi connectivity index (χ0n) is 8.70. The van der Waals surface area contributed by atoms with E-state index in [0.717, 1.165) is 0 Å². The molecule has 0 spiro atoms. The summed E-state index contributed by atoms with van der Waals surface area (Å²) in [5.41, 5.74) is 0. The third-order valence-corrected chi connectivity index (χ3v) is 2.28. The number of hydrogen-bond acceptors (Lipinski definition) is 0. The lowest BCUT2D eigenvalue weighted by Gasteiger charge is -2.19. The lowest BCUT2D eigenvalue weighted by Crippen LogP contribution is -2.23. The molecule has 0 nitrogen and oxygen atoms in total. The summed E-state index contributed by atoms with van der Waals surface area (Å²) in [7, 11) is 0. The van der Waals surface area contributed by atoms with E-state index in [1.807, 2.05) is 0 Å². The van der Waals surface area contributed by atoms with Crippen LogP contribution in [0.3, 0.4) is 0 Å². The summed E-state index contributed by atoms with van der Waals surface area (Å²) >= 11 is 0. The highest BCUT2D eigenvalue weighted by Gasteiger charge is 2.31. The average Bonchev–Trinajstić information content (AvgIpc) is 2.02. The van der Waals surface area contributed by atoms with Crippen molar-refractivity contribution in [3.63, 3.8) is 0 Å². The maximum Gasteiger partial charge on any atom is 0.250 e. The van der Waals surface area contributed by atoms with Crippen LogP contribution in [0.15, 0.2) is 0 Å². The van der Waals surface area contributed by atoms with Crippen molar-refractivity contribution in [1.29, 1.82) is 0 Å². The van der Waals surface area contributed by atoms with Gasteiger partial charge in [0.2, 0.25) is 12.3 Å². The van der Waals surface area contributed by atoms with Crippen molar-refractivity contribution in [2.75, 3.05) is 0 Å². The Kier molecular flexibility index (Phi) is 6.12. The third-order valence-electron chi connectivity index (χ3n) is 2.28. The highest BCUT2D eigenvalue weighted by Crippen LogP contribution is 2.30. The van der Waals surface area contributed by atoms with Gasteiger partial charge in [-0.05, 0) is 12.8 Å². The molecule has 0 aliphatic heterocycles. The van der Waals surface area contributed by atoms with E-state index in [1.54, 1.807) is 0 Å². The first-order valence-corrected chi connectivity index (χ1v) is 5.02. The van der Waals surface area contributed by atoms with Gasteiger partial charge in [-0.1, -0.05) is 20.3 Å². The maximum absolute atomic E-state index is 13.0. The number of alkyl halides is 4. The van der Waals surface area contributed by atoms with Crippen molar-refractivity contribution in [3.05, 3.63) is 0 Å². The van der Waals surface area contributed by atoms with Crippen LogP contribution in [0.4, 0.5) is 17.6 Å². The number of halogens is 4. The summed E-state index contributed by atoms with van der Waals surface area (Å²) in [5, 5.41) is 0. The van der Waals surface area contributed by atoms with Crippen LogP contribution in [0.2, 0.25) is 0 Å². The van der Waals surface area contributed by atoms with E-state index in [1.165, 1.54) is 13.8 Å². The minimum absolute atomic E-state index is 0.173. The van der Waals surface area contributed by atoms with E-state index in [0.29, 0.717) is 19.3 Å². The van der Waals surface area contributed by atoms with E-state index < -0.39 is 18.3 Å². The summed E-state index contributed by atoms with van der Waals surface area (Å²) in [4.78, 5) is 0. The van der Waals surface area contributed by atoms with Gasteiger partial charge in [-0.15, -0.1) is 0 Å². The van der Waals surface area contributed by atoms with E-state index in [-0.39, 0.29) is 12.8 Å². The lowest BCUT2D eigenvalue weighted by molar-refractivity contribution is -0.0541. The Hall–Kier alpha value is -0.280. The van der Waals surface area contributed by atoms with Gasteiger partial charge in [-0.25, -0.2) is 17.6 Å². The fourth-order valence-electron chi connectivity index (χ4n) is 1.12. The van der Waals surface area contributed by atoms with Gasteiger partial charge in [0.1, 0.15) is 0 Å². The molecule has 0 rings (SSSR count). The van der Waals surface area contributed by atoms with E-state index >= 15 is 0 Å². The third kappa shape index (κ3) is 6.22. The van der Waals surface area contributed by atoms with Crippen molar-refractivity contribution in [2.45, 2.75) is 58.3 Å². The Morgan fingerprint density at radius 3 is 2.00 bits per heavy atom. The summed E-state index contributed by atoms with van der Waals surface area (Å²) in [6, 6.07) is 0. The fraction of sp³-hybridized carbons (Fsp3) is 1.00. The molecule has 0 aromatic heterocycles. The highest BCUT2D eigenvalue weighted by atomic mass is 19.3. The Labute approximate surface area is 82.7 Å². The molecule has 0 aliphatic carbocycles. The van der Waals surface area contributed by atoms with Gasteiger partial charge in [-0.2, -0.15) is 0 Å². The average molecular weight is 214 g/mol. The maximum atomic E-state index is 13.0. The van der Waals surface area contributed by atoms with E-state index in [9.17, 15) is 17.6 Å². The molecule has 0 unspecified atom stereocenters. The Morgan fingerprint density at radius 2 is 1.57 bits per heavy atom. The SMILES string of the molecule is CC(C)C(F)(F)CCCCCC(F)F. The molecule has 0 aromatic rings. The van der Waals surface area contributed by atoms with Crippen LogP contribution in [-0.2, 0) is 0 Å². The van der Waals surface area contributed by atoms with Crippen molar-refractivity contribution in [2.24, 2.45) is 5.92 Å². The molecule has 86 valence electrons. The standard InChI is InChI=1S/C10H18F4/c1-8(2)10(13,14)7-5-3-4-6-9(11)12/h8-9H,3-7H2,1-2H3. The predicted molar refractivity (Wildman–Crippen MR) is 48.9 cm³/mol. The Balaban J connectivity index is 3.45. The van der Waals surface area contributed by atoms with E-state index in [4.69, 9.17) is 0 Å². The van der Waals surface area contributed by atoms with Gasteiger partial charge < -0.3 is 0 Å². The largest absolute Gasteiger partial charge is 0.250 e. The molecule has 0 atom stereocenters. The summed E-state index contributed by atoms with van der Waals surface area (Å²) < 4.78 is 49.3. The van der Waals surface area contributed by atoms with Gasteiger partial charge in [0.25, 0.3) is 0 Å². The summed E-state index contributed by atoms with van der Waals surface area (Å²) in [6.07, 6.45) is -1.53. The molecule has 0 fully saturated rings. The molecule has 0 heterocycles. The van der Waals surface area contributed by atoms with Gasteiger partial charge in [0.05, 0.1) is 0 Å². The van der Waals surface area contributed by atoms with Crippen molar-refractivity contribution >= 4 is 0 Å². The second-order valence-corrected chi connectivity index (χ2v) is 3.91. The molecule has 0 saturated carbocycles. The van der Waals surface area contributed by atoms with Crippen molar-refractivity contribution in [3.8, 4) is 0 Å². The van der Waals surface area contributed by atoms with Gasteiger partial charge in [0.15, 0.2) is 0 Å². The lowest BCUT2D eigenvalue weighted by atomic mass is 9.99. The molecule has 0 amide bonds. The Morgan fingerprint density at radius 1 is 1.00 bits per heavy atom. The van der Waals surface area contributed by atoms with Crippen LogP contribution < -0.4 is 0 Å². The molecule has 0 N–H and O–H groups in total. The van der Waals surface area contributed by atoms with Crippen LogP contribution in [0, 0.1) is 5.92 Å². The van der Waals surface area contributed by atoms with Crippen LogP contribution in [-0.4, -0.2) is 12.3 Å². The highest BCUT2D eigenvalue weighted by molar-refractivity contribution is 4.69. The normalized spacial score (nSPS) is 12.9. The zero-order valence-corrected chi connectivity index (χ0v) is 8.70. The second-order valence-electron chi connectivity index (χ2n) is 3.91. The number of hydrogen-bond donors (Lipinski definition) is 0. The van der Waals surface area contributed by atoms with Crippen molar-refractivity contribution < 1.29 is 17.6 Å². The predicted octanol–water partition coefficient (Wildman–Crippen LogP) is 4.49. The number of unbranched alkanes of at least 4 members (excludes halogenated alkanes) is 2. The minimum atomic E-state index is -2.65. The van der Waals surface area contributed by atoms with Crippen LogP contribution in [0.1, 0.15) is 46.0 Å².